The maximum atomic E-state index is 12.7. The quantitative estimate of drug-likeness (QED) is 0.705. The first-order valence-corrected chi connectivity index (χ1v) is 9.85. The lowest BCUT2D eigenvalue weighted by Gasteiger charge is -2.32. The number of nitrogens with one attached hydrogen (secondary N) is 1. The molecule has 1 N–H and O–H groups in total. The SMILES string of the molecule is CCCCOc1ccc(C(=O)NC2CCN(c3ncccn3)CC2)cc1OC. The minimum absolute atomic E-state index is 0.0900. The third kappa shape index (κ3) is 5.12. The fourth-order valence-electron chi connectivity index (χ4n) is 3.20. The lowest BCUT2D eigenvalue weighted by Crippen LogP contribution is -2.45. The maximum absolute atomic E-state index is 12.7. The van der Waals surface area contributed by atoms with E-state index >= 15 is 0 Å². The molecule has 0 spiro atoms. The van der Waals surface area contributed by atoms with Gasteiger partial charge in [-0.15, -0.1) is 0 Å². The molecule has 1 fully saturated rings. The Labute approximate surface area is 166 Å². The molecular weight excluding hydrogens is 356 g/mol. The van der Waals surface area contributed by atoms with Gasteiger partial charge in [-0.25, -0.2) is 9.97 Å². The fraction of sp³-hybridized carbons (Fsp3) is 0.476. The molecular formula is C21H28N4O3. The van der Waals surface area contributed by atoms with E-state index in [0.717, 1.165) is 44.7 Å². The molecule has 2 aromatic rings. The van der Waals surface area contributed by atoms with Crippen LogP contribution in [0.4, 0.5) is 5.95 Å². The van der Waals surface area contributed by atoms with E-state index in [0.29, 0.717) is 23.7 Å². The standard InChI is InChI=1S/C21H28N4O3/c1-3-4-14-28-18-7-6-16(15-19(18)27-2)20(26)24-17-8-12-25(13-9-17)21-22-10-5-11-23-21/h5-7,10-11,15,17H,3-4,8-9,12-14H2,1-2H3,(H,24,26). The van der Waals surface area contributed by atoms with Gasteiger partial charge in [0.2, 0.25) is 5.95 Å². The first kappa shape index (κ1) is 19.9. The minimum atomic E-state index is -0.0900. The Kier molecular flexibility index (Phi) is 7.06. The average molecular weight is 384 g/mol. The lowest BCUT2D eigenvalue weighted by atomic mass is 10.0. The Morgan fingerprint density at radius 3 is 2.64 bits per heavy atom. The zero-order chi connectivity index (χ0) is 19.8. The van der Waals surface area contributed by atoms with Crippen LogP contribution in [0.2, 0.25) is 0 Å². The number of ether oxygens (including phenoxy) is 2. The van der Waals surface area contributed by atoms with Gasteiger partial charge in [-0.3, -0.25) is 4.79 Å². The van der Waals surface area contributed by atoms with Crippen LogP contribution in [0.5, 0.6) is 11.5 Å². The van der Waals surface area contributed by atoms with Crippen molar-refractivity contribution in [2.24, 2.45) is 0 Å². The Hall–Kier alpha value is -2.83. The van der Waals surface area contributed by atoms with Gasteiger partial charge in [0.25, 0.3) is 5.91 Å². The molecule has 1 aliphatic rings. The average Bonchev–Trinajstić information content (AvgIpc) is 2.75. The lowest BCUT2D eigenvalue weighted by molar-refractivity contribution is 0.0930. The van der Waals surface area contributed by atoms with Crippen LogP contribution in [0.25, 0.3) is 0 Å². The predicted octanol–water partition coefficient (Wildman–Crippen LogP) is 3.06. The molecule has 0 saturated carbocycles. The van der Waals surface area contributed by atoms with Crippen LogP contribution in [0.3, 0.4) is 0 Å². The van der Waals surface area contributed by atoms with E-state index in [-0.39, 0.29) is 11.9 Å². The summed E-state index contributed by atoms with van der Waals surface area (Å²) in [6.45, 7) is 4.40. The Bertz CT molecular complexity index is 762. The Balaban J connectivity index is 1.55. The molecule has 0 bridgehead atoms. The van der Waals surface area contributed by atoms with Gasteiger partial charge in [0.05, 0.1) is 13.7 Å². The number of hydrogen-bond donors (Lipinski definition) is 1. The second kappa shape index (κ2) is 9.92. The van der Waals surface area contributed by atoms with Crippen molar-refractivity contribution in [2.45, 2.75) is 38.6 Å². The molecule has 2 heterocycles. The number of anilines is 1. The second-order valence-electron chi connectivity index (χ2n) is 6.85. The van der Waals surface area contributed by atoms with E-state index in [1.165, 1.54) is 0 Å². The number of carbonyl (C=O) groups excluding carboxylic acids is 1. The highest BCUT2D eigenvalue weighted by atomic mass is 16.5. The van der Waals surface area contributed by atoms with Gasteiger partial charge in [-0.2, -0.15) is 0 Å². The van der Waals surface area contributed by atoms with E-state index in [1.807, 2.05) is 6.07 Å². The van der Waals surface area contributed by atoms with E-state index in [4.69, 9.17) is 9.47 Å². The maximum Gasteiger partial charge on any atom is 0.251 e. The van der Waals surface area contributed by atoms with Crippen molar-refractivity contribution in [2.75, 3.05) is 31.7 Å². The van der Waals surface area contributed by atoms with Crippen molar-refractivity contribution in [3.05, 3.63) is 42.2 Å². The number of rotatable bonds is 8. The molecule has 1 aromatic carbocycles. The minimum Gasteiger partial charge on any atom is -0.493 e. The highest BCUT2D eigenvalue weighted by molar-refractivity contribution is 5.95. The smallest absolute Gasteiger partial charge is 0.251 e. The van der Waals surface area contributed by atoms with Crippen LogP contribution in [-0.4, -0.2) is 48.7 Å². The van der Waals surface area contributed by atoms with Gasteiger partial charge < -0.3 is 19.7 Å². The number of benzene rings is 1. The van der Waals surface area contributed by atoms with E-state index in [9.17, 15) is 4.79 Å². The third-order valence-electron chi connectivity index (χ3n) is 4.85. The summed E-state index contributed by atoms with van der Waals surface area (Å²) in [6, 6.07) is 7.28. The second-order valence-corrected chi connectivity index (χ2v) is 6.85. The number of amides is 1. The van der Waals surface area contributed by atoms with E-state index in [1.54, 1.807) is 37.7 Å². The summed E-state index contributed by atoms with van der Waals surface area (Å²) in [5.74, 6) is 1.91. The van der Waals surface area contributed by atoms with Crippen LogP contribution in [-0.2, 0) is 0 Å². The zero-order valence-electron chi connectivity index (χ0n) is 16.6. The molecule has 1 aromatic heterocycles. The van der Waals surface area contributed by atoms with Gasteiger partial charge in [0.1, 0.15) is 0 Å². The van der Waals surface area contributed by atoms with Crippen LogP contribution >= 0.6 is 0 Å². The van der Waals surface area contributed by atoms with Gasteiger partial charge in [0, 0.05) is 37.1 Å². The highest BCUT2D eigenvalue weighted by Gasteiger charge is 2.23. The number of carbonyl (C=O) groups is 1. The number of aromatic nitrogens is 2. The molecule has 0 radical (unpaired) electrons. The van der Waals surface area contributed by atoms with Crippen molar-refractivity contribution in [3.8, 4) is 11.5 Å². The van der Waals surface area contributed by atoms with Crippen molar-refractivity contribution >= 4 is 11.9 Å². The molecule has 1 aliphatic heterocycles. The molecule has 0 unspecified atom stereocenters. The largest absolute Gasteiger partial charge is 0.493 e. The van der Waals surface area contributed by atoms with Crippen LogP contribution in [0, 0.1) is 0 Å². The number of nitrogens with zero attached hydrogens (tertiary/aromatic N) is 3. The number of hydrogen-bond acceptors (Lipinski definition) is 6. The predicted molar refractivity (Wildman–Crippen MR) is 108 cm³/mol. The van der Waals surface area contributed by atoms with Crippen molar-refractivity contribution in [1.82, 2.24) is 15.3 Å². The molecule has 0 atom stereocenters. The zero-order valence-corrected chi connectivity index (χ0v) is 16.6. The fourth-order valence-corrected chi connectivity index (χ4v) is 3.20. The molecule has 28 heavy (non-hydrogen) atoms. The molecule has 3 rings (SSSR count). The first-order valence-electron chi connectivity index (χ1n) is 9.85. The number of methoxy groups -OCH3 is 1. The molecule has 0 aliphatic carbocycles. The topological polar surface area (TPSA) is 76.6 Å². The Morgan fingerprint density at radius 1 is 1.21 bits per heavy atom. The van der Waals surface area contributed by atoms with Gasteiger partial charge >= 0.3 is 0 Å². The normalized spacial score (nSPS) is 14.6. The summed E-state index contributed by atoms with van der Waals surface area (Å²) in [5.41, 5.74) is 0.577. The summed E-state index contributed by atoms with van der Waals surface area (Å²) >= 11 is 0. The van der Waals surface area contributed by atoms with Gasteiger partial charge in [0.15, 0.2) is 11.5 Å². The molecule has 7 nitrogen and oxygen atoms in total. The molecule has 1 amide bonds. The highest BCUT2D eigenvalue weighted by Crippen LogP contribution is 2.28. The molecule has 7 heteroatoms. The van der Waals surface area contributed by atoms with Gasteiger partial charge in [-0.05, 0) is 43.5 Å². The van der Waals surface area contributed by atoms with E-state index in [2.05, 4.69) is 27.1 Å². The van der Waals surface area contributed by atoms with Crippen LogP contribution in [0.15, 0.2) is 36.7 Å². The first-order chi connectivity index (χ1) is 13.7. The summed E-state index contributed by atoms with van der Waals surface area (Å²) in [4.78, 5) is 23.4. The monoisotopic (exact) mass is 384 g/mol. The molecule has 150 valence electrons. The van der Waals surface area contributed by atoms with E-state index < -0.39 is 0 Å². The summed E-state index contributed by atoms with van der Waals surface area (Å²) < 4.78 is 11.1. The van der Waals surface area contributed by atoms with Crippen molar-refractivity contribution in [3.63, 3.8) is 0 Å². The summed E-state index contributed by atoms with van der Waals surface area (Å²) in [6.07, 6.45) is 7.27. The third-order valence-corrected chi connectivity index (χ3v) is 4.85. The summed E-state index contributed by atoms with van der Waals surface area (Å²) in [5, 5.41) is 3.13. The van der Waals surface area contributed by atoms with Crippen LogP contribution in [0.1, 0.15) is 43.0 Å². The van der Waals surface area contributed by atoms with Crippen molar-refractivity contribution in [1.29, 1.82) is 0 Å². The molecule has 1 saturated heterocycles. The number of piperidine rings is 1. The van der Waals surface area contributed by atoms with Crippen molar-refractivity contribution < 1.29 is 14.3 Å². The summed E-state index contributed by atoms with van der Waals surface area (Å²) in [7, 11) is 1.59. The van der Waals surface area contributed by atoms with Gasteiger partial charge in [-0.1, -0.05) is 13.3 Å². The number of unbranched alkanes of at least 4 members (excludes halogenated alkanes) is 1. The Morgan fingerprint density at radius 2 is 1.96 bits per heavy atom. The van der Waals surface area contributed by atoms with Crippen LogP contribution < -0.4 is 19.7 Å².